The summed E-state index contributed by atoms with van der Waals surface area (Å²) < 4.78 is 40.9. The lowest BCUT2D eigenvalue weighted by molar-refractivity contribution is -0.199. The van der Waals surface area contributed by atoms with E-state index in [0.29, 0.717) is 33.8 Å². The van der Waals surface area contributed by atoms with Gasteiger partial charge in [0, 0.05) is 10.4 Å². The third-order valence-corrected chi connectivity index (χ3v) is 6.41. The molecule has 2 aliphatic rings. The highest BCUT2D eigenvalue weighted by molar-refractivity contribution is 6.30. The number of hydrogen-bond donors (Lipinski definition) is 1. The van der Waals surface area contributed by atoms with E-state index in [-0.39, 0.29) is 11.1 Å². The monoisotopic (exact) mass is 529 g/mol. The van der Waals surface area contributed by atoms with Crippen LogP contribution in [0.2, 0.25) is 5.02 Å². The quantitative estimate of drug-likeness (QED) is 0.393. The lowest BCUT2D eigenvalue weighted by Crippen LogP contribution is -2.27. The van der Waals surface area contributed by atoms with Gasteiger partial charge in [-0.25, -0.2) is 19.3 Å². The SMILES string of the molecule is CC1(C)O[C@@H]2[C@@H](c3nnc(C(C)(C)C)o3)OC(n3cnc4c(Nc5ccc(Cl)cc5F)ncnc43)[C@@H]2O1. The van der Waals surface area contributed by atoms with Crippen molar-refractivity contribution in [3.63, 3.8) is 0 Å². The van der Waals surface area contributed by atoms with E-state index in [2.05, 4.69) is 30.5 Å². The Labute approximate surface area is 216 Å². The van der Waals surface area contributed by atoms with Crippen molar-refractivity contribution in [2.45, 2.75) is 70.4 Å². The van der Waals surface area contributed by atoms with Crippen LogP contribution in [0.5, 0.6) is 0 Å². The molecule has 0 spiro atoms. The van der Waals surface area contributed by atoms with Gasteiger partial charge in [0.05, 0.1) is 12.0 Å². The van der Waals surface area contributed by atoms with Crippen molar-refractivity contribution < 1.29 is 23.0 Å². The fourth-order valence-electron chi connectivity index (χ4n) is 4.50. The van der Waals surface area contributed by atoms with E-state index in [9.17, 15) is 4.39 Å². The number of halogens is 2. The topological polar surface area (TPSA) is 122 Å². The number of rotatable bonds is 4. The minimum absolute atomic E-state index is 0.205. The standard InChI is InChI=1S/C24H25ClFN7O4/c1-23(2,3)22-32-31-20(35-22)16-15-17(37-24(4,5)36-15)21(34-16)33-10-29-14-18(27-9-28-19(14)33)30-13-7-6-11(25)8-12(13)26/h6-10,15-17,21H,1-5H3,(H,27,28,30)/t15-,16+,17-,21?/m1/s1. The number of fused-ring (bicyclic) bond motifs is 2. The summed E-state index contributed by atoms with van der Waals surface area (Å²) in [4.78, 5) is 13.2. The minimum Gasteiger partial charge on any atom is -0.422 e. The van der Waals surface area contributed by atoms with Crippen LogP contribution in [0, 0.1) is 5.82 Å². The van der Waals surface area contributed by atoms with Crippen LogP contribution in [0.25, 0.3) is 11.2 Å². The van der Waals surface area contributed by atoms with Gasteiger partial charge in [-0.05, 0) is 32.0 Å². The van der Waals surface area contributed by atoms with Crippen LogP contribution in [0.15, 0.2) is 35.3 Å². The second-order valence-corrected chi connectivity index (χ2v) is 10.9. The average molecular weight is 530 g/mol. The molecule has 4 aromatic rings. The molecule has 2 saturated heterocycles. The lowest BCUT2D eigenvalue weighted by atomic mass is 9.97. The first-order valence-electron chi connectivity index (χ1n) is 11.7. The Balaban J connectivity index is 1.36. The molecular formula is C24H25ClFN7O4. The van der Waals surface area contributed by atoms with Gasteiger partial charge in [-0.2, -0.15) is 0 Å². The van der Waals surface area contributed by atoms with Crippen LogP contribution in [0.4, 0.5) is 15.9 Å². The zero-order valence-corrected chi connectivity index (χ0v) is 21.5. The van der Waals surface area contributed by atoms with E-state index in [0.717, 1.165) is 0 Å². The van der Waals surface area contributed by atoms with Crippen molar-refractivity contribution in [2.24, 2.45) is 0 Å². The molecule has 6 rings (SSSR count). The number of benzene rings is 1. The highest BCUT2D eigenvalue weighted by atomic mass is 35.5. The van der Waals surface area contributed by atoms with Gasteiger partial charge in [-0.3, -0.25) is 4.57 Å². The van der Waals surface area contributed by atoms with Gasteiger partial charge in [0.1, 0.15) is 24.4 Å². The summed E-state index contributed by atoms with van der Waals surface area (Å²) in [5, 5.41) is 11.7. The van der Waals surface area contributed by atoms with E-state index < -0.39 is 36.1 Å². The fraction of sp³-hybridized carbons (Fsp3) is 0.458. The van der Waals surface area contributed by atoms with Crippen LogP contribution in [0.1, 0.15) is 58.7 Å². The second-order valence-electron chi connectivity index (χ2n) is 10.5. The van der Waals surface area contributed by atoms with E-state index in [4.69, 9.17) is 30.2 Å². The number of hydrogen-bond acceptors (Lipinski definition) is 10. The van der Waals surface area contributed by atoms with Gasteiger partial charge in [0.25, 0.3) is 0 Å². The van der Waals surface area contributed by atoms with E-state index in [1.54, 1.807) is 17.0 Å². The molecular weight excluding hydrogens is 505 g/mol. The smallest absolute Gasteiger partial charge is 0.248 e. The van der Waals surface area contributed by atoms with Crippen LogP contribution in [-0.2, 0) is 19.6 Å². The molecule has 2 fully saturated rings. The van der Waals surface area contributed by atoms with Gasteiger partial charge < -0.3 is 23.9 Å². The molecule has 1 aromatic carbocycles. The normalized spacial score (nSPS) is 25.1. The summed E-state index contributed by atoms with van der Waals surface area (Å²) in [5.41, 5.74) is 0.771. The Hall–Kier alpha value is -3.19. The van der Waals surface area contributed by atoms with Crippen molar-refractivity contribution in [1.29, 1.82) is 0 Å². The number of imidazole rings is 1. The van der Waals surface area contributed by atoms with E-state index >= 15 is 0 Å². The third-order valence-electron chi connectivity index (χ3n) is 6.17. The molecule has 1 unspecified atom stereocenters. The van der Waals surface area contributed by atoms with Crippen molar-refractivity contribution >= 4 is 34.3 Å². The minimum atomic E-state index is -0.854. The molecule has 5 heterocycles. The maximum Gasteiger partial charge on any atom is 0.248 e. The maximum atomic E-state index is 14.4. The number of anilines is 2. The molecule has 0 bridgehead atoms. The first-order valence-corrected chi connectivity index (χ1v) is 12.1. The van der Waals surface area contributed by atoms with Crippen molar-refractivity contribution in [1.82, 2.24) is 29.7 Å². The summed E-state index contributed by atoms with van der Waals surface area (Å²) in [7, 11) is 0. The Kier molecular flexibility index (Phi) is 5.50. The molecule has 13 heteroatoms. The fourth-order valence-corrected chi connectivity index (χ4v) is 4.66. The summed E-state index contributed by atoms with van der Waals surface area (Å²) in [6, 6.07) is 4.33. The summed E-state index contributed by atoms with van der Waals surface area (Å²) >= 11 is 5.87. The van der Waals surface area contributed by atoms with E-state index in [1.165, 1.54) is 18.5 Å². The molecule has 1 N–H and O–H groups in total. The molecule has 194 valence electrons. The zero-order chi connectivity index (χ0) is 26.1. The average Bonchev–Trinajstić information content (AvgIpc) is 3.57. The number of aromatic nitrogens is 6. The molecule has 11 nitrogen and oxygen atoms in total. The van der Waals surface area contributed by atoms with Crippen molar-refractivity contribution in [2.75, 3.05) is 5.32 Å². The molecule has 0 amide bonds. The Morgan fingerprint density at radius 2 is 1.86 bits per heavy atom. The Bertz CT molecular complexity index is 1480. The summed E-state index contributed by atoms with van der Waals surface area (Å²) in [6.45, 7) is 9.64. The predicted molar refractivity (Wildman–Crippen MR) is 130 cm³/mol. The van der Waals surface area contributed by atoms with Gasteiger partial charge in [0.15, 0.2) is 35.1 Å². The number of nitrogens with zero attached hydrogens (tertiary/aromatic N) is 6. The first-order chi connectivity index (χ1) is 17.5. The highest BCUT2D eigenvalue weighted by Crippen LogP contribution is 2.49. The Morgan fingerprint density at radius 3 is 2.59 bits per heavy atom. The van der Waals surface area contributed by atoms with Gasteiger partial charge in [-0.15, -0.1) is 10.2 Å². The second kappa shape index (κ2) is 8.42. The molecule has 0 aliphatic carbocycles. The zero-order valence-electron chi connectivity index (χ0n) is 20.8. The molecule has 0 radical (unpaired) electrons. The van der Waals surface area contributed by atoms with Crippen molar-refractivity contribution in [3.05, 3.63) is 53.5 Å². The predicted octanol–water partition coefficient (Wildman–Crippen LogP) is 4.83. The number of ether oxygens (including phenoxy) is 3. The lowest BCUT2D eigenvalue weighted by Gasteiger charge is -2.24. The van der Waals surface area contributed by atoms with Gasteiger partial charge in [0.2, 0.25) is 11.8 Å². The van der Waals surface area contributed by atoms with Crippen LogP contribution < -0.4 is 5.32 Å². The molecule has 37 heavy (non-hydrogen) atoms. The molecule has 2 aliphatic heterocycles. The van der Waals surface area contributed by atoms with Gasteiger partial charge >= 0.3 is 0 Å². The summed E-state index contributed by atoms with van der Waals surface area (Å²) in [5.74, 6) is -0.242. The third kappa shape index (κ3) is 4.23. The van der Waals surface area contributed by atoms with Crippen LogP contribution in [0.3, 0.4) is 0 Å². The maximum absolute atomic E-state index is 14.4. The molecule has 0 saturated carbocycles. The summed E-state index contributed by atoms with van der Waals surface area (Å²) in [6.07, 6.45) is 0.595. The number of nitrogens with one attached hydrogen (secondary N) is 1. The van der Waals surface area contributed by atoms with Crippen LogP contribution in [-0.4, -0.2) is 47.7 Å². The van der Waals surface area contributed by atoms with Gasteiger partial charge in [-0.1, -0.05) is 32.4 Å². The van der Waals surface area contributed by atoms with E-state index in [1.807, 2.05) is 34.6 Å². The largest absolute Gasteiger partial charge is 0.422 e. The molecule has 3 aromatic heterocycles. The highest BCUT2D eigenvalue weighted by Gasteiger charge is 2.58. The Morgan fingerprint density at radius 1 is 1.08 bits per heavy atom. The van der Waals surface area contributed by atoms with Crippen LogP contribution >= 0.6 is 11.6 Å². The first kappa shape index (κ1) is 24.2. The van der Waals surface area contributed by atoms with Crippen molar-refractivity contribution in [3.8, 4) is 0 Å². The molecule has 4 atom stereocenters.